The van der Waals surface area contributed by atoms with Gasteiger partial charge >= 0.3 is 8.25 Å². The topological polar surface area (TPSA) is 55.8 Å². The van der Waals surface area contributed by atoms with E-state index in [0.717, 1.165) is 0 Å². The minimum Gasteiger partial charge on any atom is -0.379 e. The quantitative estimate of drug-likeness (QED) is 0.440. The highest BCUT2D eigenvalue weighted by molar-refractivity contribution is 7.32. The van der Waals surface area contributed by atoms with E-state index in [-0.39, 0.29) is 24.6 Å². The summed E-state index contributed by atoms with van der Waals surface area (Å²) in [5.41, 5.74) is 0. The second-order valence-electron chi connectivity index (χ2n) is 3.83. The summed E-state index contributed by atoms with van der Waals surface area (Å²) >= 11 is 6.27. The highest BCUT2D eigenvalue weighted by Crippen LogP contribution is 2.40. The van der Waals surface area contributed by atoms with Crippen molar-refractivity contribution >= 4 is 27.7 Å². The zero-order valence-corrected chi connectivity index (χ0v) is 10.2. The summed E-state index contributed by atoms with van der Waals surface area (Å²) in [6, 6.07) is -0.0752. The summed E-state index contributed by atoms with van der Waals surface area (Å²) in [5.74, 6) is 0.0977. The number of ether oxygens (including phenoxy) is 1. The molecule has 4 nitrogen and oxygen atoms in total. The Balaban J connectivity index is 2.54. The van der Waals surface area contributed by atoms with Gasteiger partial charge in [-0.05, 0) is 6.92 Å². The SMILES string of the molecule is B[C@@H]1OC(CO[PH](=O)O)[C@@H](C)[C@]1(C)Cl. The molecule has 1 aliphatic heterocycles. The average Bonchev–Trinajstić information content (AvgIpc) is 2.26. The summed E-state index contributed by atoms with van der Waals surface area (Å²) in [6.07, 6.45) is -0.200. The standard InChI is InChI=1S/C7H15BClO4P/c1-4-5(3-12-14(10)11)13-6(8)7(4,2)9/h4-6,14H,3,8H2,1-2H3,(H,10,11)/t4-,5?,6-,7+/m1/s1. The third-order valence-corrected chi connectivity index (χ3v) is 4.06. The molecule has 2 unspecified atom stereocenters. The third kappa shape index (κ3) is 2.53. The molecule has 0 aromatic carbocycles. The van der Waals surface area contributed by atoms with Gasteiger partial charge in [0, 0.05) is 11.9 Å². The molecule has 5 atom stereocenters. The van der Waals surface area contributed by atoms with Crippen molar-refractivity contribution in [3.8, 4) is 0 Å². The predicted octanol–water partition coefficient (Wildman–Crippen LogP) is 0.377. The van der Waals surface area contributed by atoms with E-state index in [0.29, 0.717) is 0 Å². The van der Waals surface area contributed by atoms with Crippen LogP contribution in [0.4, 0.5) is 0 Å². The molecule has 1 aliphatic rings. The lowest BCUT2D eigenvalue weighted by atomic mass is 9.81. The van der Waals surface area contributed by atoms with Gasteiger partial charge in [0.15, 0.2) is 0 Å². The van der Waals surface area contributed by atoms with Crippen LogP contribution in [0, 0.1) is 5.92 Å². The molecule has 0 bridgehead atoms. The molecule has 0 aliphatic carbocycles. The molecule has 0 radical (unpaired) electrons. The van der Waals surface area contributed by atoms with Crippen molar-refractivity contribution in [1.82, 2.24) is 0 Å². The monoisotopic (exact) mass is 240 g/mol. The van der Waals surface area contributed by atoms with Crippen LogP contribution in [0.15, 0.2) is 0 Å². The molecular formula is C7H15BClO4P. The Hall–Kier alpha value is 0.465. The van der Waals surface area contributed by atoms with Gasteiger partial charge in [-0.2, -0.15) is 0 Å². The van der Waals surface area contributed by atoms with Crippen molar-refractivity contribution in [3.63, 3.8) is 0 Å². The molecule has 0 aromatic rings. The van der Waals surface area contributed by atoms with Crippen molar-refractivity contribution in [3.05, 3.63) is 0 Å². The average molecular weight is 240 g/mol. The molecular weight excluding hydrogens is 225 g/mol. The Kier molecular flexibility index (Phi) is 4.07. The molecule has 1 N–H and O–H groups in total. The van der Waals surface area contributed by atoms with Crippen LogP contribution >= 0.6 is 19.9 Å². The van der Waals surface area contributed by atoms with Gasteiger partial charge < -0.3 is 14.2 Å². The maximum atomic E-state index is 10.4. The second-order valence-corrected chi connectivity index (χ2v) is 5.47. The van der Waals surface area contributed by atoms with Crippen LogP contribution in [-0.2, 0) is 13.8 Å². The van der Waals surface area contributed by atoms with E-state index in [2.05, 4.69) is 4.52 Å². The molecule has 14 heavy (non-hydrogen) atoms. The van der Waals surface area contributed by atoms with E-state index < -0.39 is 13.1 Å². The fraction of sp³-hybridized carbons (Fsp3) is 1.00. The first kappa shape index (κ1) is 12.5. The van der Waals surface area contributed by atoms with Crippen LogP contribution in [0.1, 0.15) is 13.8 Å². The van der Waals surface area contributed by atoms with Crippen LogP contribution < -0.4 is 0 Å². The fourth-order valence-corrected chi connectivity index (χ4v) is 2.08. The van der Waals surface area contributed by atoms with E-state index in [1.54, 1.807) is 0 Å². The van der Waals surface area contributed by atoms with Gasteiger partial charge in [-0.1, -0.05) is 6.92 Å². The summed E-state index contributed by atoms with van der Waals surface area (Å²) in [7, 11) is -0.978. The molecule has 1 saturated heterocycles. The Morgan fingerprint density at radius 2 is 2.36 bits per heavy atom. The maximum Gasteiger partial charge on any atom is 0.316 e. The minimum absolute atomic E-state index is 0.0752. The van der Waals surface area contributed by atoms with E-state index in [9.17, 15) is 4.57 Å². The highest BCUT2D eigenvalue weighted by atomic mass is 35.5. The van der Waals surface area contributed by atoms with Gasteiger partial charge in [0.05, 0.1) is 17.6 Å². The maximum absolute atomic E-state index is 10.4. The lowest BCUT2D eigenvalue weighted by molar-refractivity contribution is 0.0357. The summed E-state index contributed by atoms with van der Waals surface area (Å²) in [5, 5.41) is 0. The Morgan fingerprint density at radius 3 is 2.71 bits per heavy atom. The van der Waals surface area contributed by atoms with Gasteiger partial charge in [0.25, 0.3) is 0 Å². The largest absolute Gasteiger partial charge is 0.379 e. The summed E-state index contributed by atoms with van der Waals surface area (Å²) in [4.78, 5) is 8.10. The zero-order valence-electron chi connectivity index (χ0n) is 8.49. The van der Waals surface area contributed by atoms with Crippen LogP contribution in [0.5, 0.6) is 0 Å². The van der Waals surface area contributed by atoms with Gasteiger partial charge in [-0.15, -0.1) is 11.6 Å². The lowest BCUT2D eigenvalue weighted by Gasteiger charge is -2.24. The number of hydrogen-bond acceptors (Lipinski definition) is 3. The van der Waals surface area contributed by atoms with Crippen molar-refractivity contribution in [1.29, 1.82) is 0 Å². The van der Waals surface area contributed by atoms with Gasteiger partial charge in [-0.3, -0.25) is 4.57 Å². The first-order chi connectivity index (χ1) is 6.35. The normalized spacial score (nSPS) is 45.3. The molecule has 0 aromatic heterocycles. The number of rotatable bonds is 3. The molecule has 0 amide bonds. The second kappa shape index (κ2) is 4.54. The van der Waals surface area contributed by atoms with Crippen LogP contribution in [0.2, 0.25) is 0 Å². The van der Waals surface area contributed by atoms with Crippen molar-refractivity contribution in [2.45, 2.75) is 30.8 Å². The van der Waals surface area contributed by atoms with Gasteiger partial charge in [0.1, 0.15) is 7.85 Å². The highest BCUT2D eigenvalue weighted by Gasteiger charge is 2.47. The first-order valence-electron chi connectivity index (χ1n) is 4.55. The van der Waals surface area contributed by atoms with Crippen molar-refractivity contribution < 1.29 is 18.7 Å². The Morgan fingerprint density at radius 1 is 1.79 bits per heavy atom. The number of halogens is 1. The lowest BCUT2D eigenvalue weighted by Crippen LogP contribution is -2.34. The molecule has 82 valence electrons. The molecule has 1 heterocycles. The zero-order chi connectivity index (χ0) is 10.9. The molecule has 1 fully saturated rings. The van der Waals surface area contributed by atoms with Crippen LogP contribution in [0.25, 0.3) is 0 Å². The van der Waals surface area contributed by atoms with Gasteiger partial charge in [-0.25, -0.2) is 0 Å². The van der Waals surface area contributed by atoms with Crippen molar-refractivity contribution in [2.24, 2.45) is 5.92 Å². The Labute approximate surface area is 90.3 Å². The van der Waals surface area contributed by atoms with E-state index in [1.165, 1.54) is 0 Å². The van der Waals surface area contributed by atoms with E-state index in [1.807, 2.05) is 21.7 Å². The van der Waals surface area contributed by atoms with Gasteiger partial charge in [0.2, 0.25) is 0 Å². The molecule has 7 heteroatoms. The van der Waals surface area contributed by atoms with E-state index in [4.69, 9.17) is 21.2 Å². The summed E-state index contributed by atoms with van der Waals surface area (Å²) < 4.78 is 20.6. The van der Waals surface area contributed by atoms with Crippen LogP contribution in [0.3, 0.4) is 0 Å². The number of hydrogen-bond donors (Lipinski definition) is 1. The molecule has 0 saturated carbocycles. The molecule has 1 rings (SSSR count). The smallest absolute Gasteiger partial charge is 0.316 e. The fourth-order valence-electron chi connectivity index (χ4n) is 1.58. The van der Waals surface area contributed by atoms with E-state index >= 15 is 0 Å². The van der Waals surface area contributed by atoms with Crippen molar-refractivity contribution in [2.75, 3.05) is 6.61 Å². The third-order valence-electron chi connectivity index (χ3n) is 2.99. The Bertz CT molecular complexity index is 238. The first-order valence-corrected chi connectivity index (χ1v) is 6.20. The summed E-state index contributed by atoms with van der Waals surface area (Å²) in [6.45, 7) is 3.99. The predicted molar refractivity (Wildman–Crippen MR) is 57.8 cm³/mol. The number of alkyl halides is 1. The van der Waals surface area contributed by atoms with Crippen LogP contribution in [-0.4, -0.2) is 36.3 Å². The molecule has 0 spiro atoms. The minimum atomic E-state index is -2.87.